The molecule has 4 aromatic carbocycles. The van der Waals surface area contributed by atoms with E-state index in [1.165, 1.54) is 37.8 Å². The first kappa shape index (κ1) is 28.5. The minimum absolute atomic E-state index is 0.156. The summed E-state index contributed by atoms with van der Waals surface area (Å²) in [4.78, 5) is 0. The van der Waals surface area contributed by atoms with Gasteiger partial charge in [0.15, 0.2) is 6.61 Å². The van der Waals surface area contributed by atoms with Gasteiger partial charge in [0.05, 0.1) is 6.61 Å². The second-order valence-corrected chi connectivity index (χ2v) is 9.81. The van der Waals surface area contributed by atoms with Gasteiger partial charge in [-0.1, -0.05) is 81.1 Å². The molecule has 2 nitrogen and oxygen atoms in total. The van der Waals surface area contributed by atoms with Gasteiger partial charge in [-0.2, -0.15) is 13.2 Å². The van der Waals surface area contributed by atoms with Crippen molar-refractivity contribution in [3.8, 4) is 22.6 Å². The standard InChI is InChI=1S/C33H34F4O2/c1-2-3-4-5-6-21-38-29-18-13-25(14-19-29)27-15-20-31-28(22-27)12-11-26(32(31)34)10-7-24-8-16-30(17-9-24)39-23-33(35,36)37/h8-9,11-20,22H,2-7,10,21,23H2,1H3. The van der Waals surface area contributed by atoms with Crippen LogP contribution in [0, 0.1) is 5.82 Å². The van der Waals surface area contributed by atoms with E-state index >= 15 is 4.39 Å². The molecule has 0 aliphatic carbocycles. The van der Waals surface area contributed by atoms with Crippen LogP contribution >= 0.6 is 0 Å². The van der Waals surface area contributed by atoms with E-state index in [4.69, 9.17) is 9.47 Å². The summed E-state index contributed by atoms with van der Waals surface area (Å²) >= 11 is 0. The van der Waals surface area contributed by atoms with Gasteiger partial charge in [0.1, 0.15) is 17.3 Å². The van der Waals surface area contributed by atoms with Gasteiger partial charge in [-0.25, -0.2) is 4.39 Å². The Morgan fingerprint density at radius 1 is 0.667 bits per heavy atom. The molecule has 0 atom stereocenters. The summed E-state index contributed by atoms with van der Waals surface area (Å²) in [5, 5.41) is 1.39. The Morgan fingerprint density at radius 3 is 2.05 bits per heavy atom. The number of ether oxygens (including phenoxy) is 2. The smallest absolute Gasteiger partial charge is 0.422 e. The van der Waals surface area contributed by atoms with Gasteiger partial charge in [0.2, 0.25) is 0 Å². The lowest BCUT2D eigenvalue weighted by Gasteiger charge is -2.11. The number of aryl methyl sites for hydroxylation is 2. The number of fused-ring (bicyclic) bond motifs is 1. The molecule has 0 aliphatic rings. The summed E-state index contributed by atoms with van der Waals surface area (Å²) in [6.07, 6.45) is 2.68. The molecular formula is C33H34F4O2. The molecule has 0 heterocycles. The molecule has 206 valence electrons. The third kappa shape index (κ3) is 8.47. The van der Waals surface area contributed by atoms with Crippen LogP contribution in [0.15, 0.2) is 78.9 Å². The molecule has 0 unspecified atom stereocenters. The molecule has 0 saturated heterocycles. The molecule has 0 bridgehead atoms. The zero-order chi connectivity index (χ0) is 27.7. The van der Waals surface area contributed by atoms with E-state index in [2.05, 4.69) is 6.92 Å². The van der Waals surface area contributed by atoms with Gasteiger partial charge in [-0.3, -0.25) is 0 Å². The summed E-state index contributed by atoms with van der Waals surface area (Å²) in [7, 11) is 0. The number of hydrogen-bond donors (Lipinski definition) is 0. The first-order valence-electron chi connectivity index (χ1n) is 13.6. The Balaban J connectivity index is 1.35. The highest BCUT2D eigenvalue weighted by molar-refractivity contribution is 5.88. The van der Waals surface area contributed by atoms with Crippen LogP contribution in [0.5, 0.6) is 11.5 Å². The SMILES string of the molecule is CCCCCCCOc1ccc(-c2ccc3c(F)c(CCc4ccc(OCC(F)(F)F)cc4)ccc3c2)cc1. The maximum atomic E-state index is 15.3. The van der Waals surface area contributed by atoms with Crippen molar-refractivity contribution in [3.05, 3.63) is 95.8 Å². The largest absolute Gasteiger partial charge is 0.494 e. The van der Waals surface area contributed by atoms with Crippen LogP contribution in [0.4, 0.5) is 17.6 Å². The number of alkyl halides is 3. The number of hydrogen-bond acceptors (Lipinski definition) is 2. The fourth-order valence-electron chi connectivity index (χ4n) is 4.55. The zero-order valence-corrected chi connectivity index (χ0v) is 22.2. The summed E-state index contributed by atoms with van der Waals surface area (Å²) in [6, 6.07) is 23.9. The minimum atomic E-state index is -4.38. The summed E-state index contributed by atoms with van der Waals surface area (Å²) in [5.74, 6) is 0.768. The second-order valence-electron chi connectivity index (χ2n) is 9.81. The first-order chi connectivity index (χ1) is 18.8. The van der Waals surface area contributed by atoms with Crippen LogP contribution in [0.25, 0.3) is 21.9 Å². The number of rotatable bonds is 13. The van der Waals surface area contributed by atoms with Crippen LogP contribution in [0.3, 0.4) is 0 Å². The van der Waals surface area contributed by atoms with E-state index in [1.54, 1.807) is 18.2 Å². The molecule has 6 heteroatoms. The number of halogens is 4. The van der Waals surface area contributed by atoms with Gasteiger partial charge >= 0.3 is 6.18 Å². The highest BCUT2D eigenvalue weighted by Gasteiger charge is 2.28. The summed E-state index contributed by atoms with van der Waals surface area (Å²) in [5.41, 5.74) is 3.55. The molecule has 0 fully saturated rings. The van der Waals surface area contributed by atoms with E-state index in [9.17, 15) is 13.2 Å². The molecule has 0 amide bonds. The topological polar surface area (TPSA) is 18.5 Å². The maximum absolute atomic E-state index is 15.3. The molecule has 4 rings (SSSR count). The van der Waals surface area contributed by atoms with Crippen molar-refractivity contribution >= 4 is 10.8 Å². The lowest BCUT2D eigenvalue weighted by Crippen LogP contribution is -2.19. The van der Waals surface area contributed by atoms with Crippen LogP contribution < -0.4 is 9.47 Å². The molecule has 0 radical (unpaired) electrons. The fraction of sp³-hybridized carbons (Fsp3) is 0.333. The van der Waals surface area contributed by atoms with E-state index in [0.29, 0.717) is 23.8 Å². The van der Waals surface area contributed by atoms with Gasteiger partial charge in [-0.05, 0) is 77.2 Å². The third-order valence-corrected chi connectivity index (χ3v) is 6.75. The van der Waals surface area contributed by atoms with Crippen LogP contribution in [-0.4, -0.2) is 19.4 Å². The Labute approximate surface area is 227 Å². The predicted octanol–water partition coefficient (Wildman–Crippen LogP) is 9.72. The predicted molar refractivity (Wildman–Crippen MR) is 149 cm³/mol. The average molecular weight is 539 g/mol. The van der Waals surface area contributed by atoms with E-state index < -0.39 is 12.8 Å². The van der Waals surface area contributed by atoms with Crippen molar-refractivity contribution in [3.63, 3.8) is 0 Å². The summed E-state index contributed by atoms with van der Waals surface area (Å²) in [6.45, 7) is 1.61. The summed E-state index contributed by atoms with van der Waals surface area (Å²) < 4.78 is 62.8. The Bertz CT molecular complexity index is 1330. The molecule has 39 heavy (non-hydrogen) atoms. The highest BCUT2D eigenvalue weighted by Crippen LogP contribution is 2.29. The molecule has 0 N–H and O–H groups in total. The van der Waals surface area contributed by atoms with Gasteiger partial charge in [0, 0.05) is 5.39 Å². The molecule has 4 aromatic rings. The average Bonchev–Trinajstić information content (AvgIpc) is 2.94. The van der Waals surface area contributed by atoms with Crippen LogP contribution in [-0.2, 0) is 12.8 Å². The van der Waals surface area contributed by atoms with Crippen molar-refractivity contribution in [2.75, 3.05) is 13.2 Å². The van der Waals surface area contributed by atoms with Crippen molar-refractivity contribution in [1.29, 1.82) is 0 Å². The highest BCUT2D eigenvalue weighted by atomic mass is 19.4. The maximum Gasteiger partial charge on any atom is 0.422 e. The number of unbranched alkanes of at least 4 members (excludes halogenated alkanes) is 4. The van der Waals surface area contributed by atoms with E-state index in [-0.39, 0.29) is 11.6 Å². The quantitative estimate of drug-likeness (QED) is 0.125. The van der Waals surface area contributed by atoms with Crippen LogP contribution in [0.1, 0.15) is 50.2 Å². The van der Waals surface area contributed by atoms with Crippen molar-refractivity contribution in [2.45, 2.75) is 58.0 Å². The zero-order valence-electron chi connectivity index (χ0n) is 22.2. The van der Waals surface area contributed by atoms with Gasteiger partial charge in [0.25, 0.3) is 0 Å². The monoisotopic (exact) mass is 538 g/mol. The van der Waals surface area contributed by atoms with E-state index in [0.717, 1.165) is 40.9 Å². The lowest BCUT2D eigenvalue weighted by molar-refractivity contribution is -0.153. The second kappa shape index (κ2) is 13.5. The minimum Gasteiger partial charge on any atom is -0.494 e. The third-order valence-electron chi connectivity index (χ3n) is 6.75. The number of benzene rings is 4. The Hall–Kier alpha value is -3.54. The van der Waals surface area contributed by atoms with Crippen molar-refractivity contribution in [2.24, 2.45) is 0 Å². The molecule has 0 aromatic heterocycles. The Kier molecular flexibility index (Phi) is 9.85. The molecular weight excluding hydrogens is 504 g/mol. The first-order valence-corrected chi connectivity index (χ1v) is 13.6. The molecule has 0 spiro atoms. The van der Waals surface area contributed by atoms with Crippen LogP contribution in [0.2, 0.25) is 0 Å². The van der Waals surface area contributed by atoms with Crippen molar-refractivity contribution in [1.82, 2.24) is 0 Å². The van der Waals surface area contributed by atoms with Gasteiger partial charge in [-0.15, -0.1) is 0 Å². The van der Waals surface area contributed by atoms with E-state index in [1.807, 2.05) is 48.5 Å². The normalized spacial score (nSPS) is 11.6. The lowest BCUT2D eigenvalue weighted by atomic mass is 9.97. The molecule has 0 saturated carbocycles. The van der Waals surface area contributed by atoms with Gasteiger partial charge < -0.3 is 9.47 Å². The fourth-order valence-corrected chi connectivity index (χ4v) is 4.55. The Morgan fingerprint density at radius 2 is 1.33 bits per heavy atom. The van der Waals surface area contributed by atoms with Crippen molar-refractivity contribution < 1.29 is 27.0 Å². The molecule has 0 aliphatic heterocycles.